The van der Waals surface area contributed by atoms with Crippen LogP contribution in [0.3, 0.4) is 0 Å². The summed E-state index contributed by atoms with van der Waals surface area (Å²) in [5.41, 5.74) is 0. The molecule has 1 atom stereocenters. The number of carboxylic acid groups (broad SMARTS) is 1. The highest BCUT2D eigenvalue weighted by Gasteiger charge is 2.24. The maximum atomic E-state index is 11.3. The molecule has 0 saturated heterocycles. The van der Waals surface area contributed by atoms with Crippen LogP contribution in [0.5, 0.6) is 0 Å². The fourth-order valence-electron chi connectivity index (χ4n) is 0.985. The Kier molecular flexibility index (Phi) is 6.40. The molecule has 0 aliphatic carbocycles. The van der Waals surface area contributed by atoms with Crippen LogP contribution in [0.25, 0.3) is 0 Å². The van der Waals surface area contributed by atoms with Gasteiger partial charge in [-0.15, -0.1) is 11.8 Å². The molecule has 0 heterocycles. The first-order chi connectivity index (χ1) is 6.82. The van der Waals surface area contributed by atoms with Gasteiger partial charge in [-0.2, -0.15) is 0 Å². The van der Waals surface area contributed by atoms with Crippen molar-refractivity contribution < 1.29 is 19.4 Å². The number of hydrogen-bond acceptors (Lipinski definition) is 4. The Morgan fingerprint density at radius 2 is 1.80 bits per heavy atom. The number of hydrogen-bond donors (Lipinski definition) is 1. The molecular weight excluding hydrogens is 216 g/mol. The monoisotopic (exact) mass is 234 g/mol. The van der Waals surface area contributed by atoms with Crippen LogP contribution in [0.1, 0.15) is 34.1 Å². The molecule has 0 fully saturated rings. The first kappa shape index (κ1) is 14.3. The second-order valence-electron chi connectivity index (χ2n) is 3.75. The van der Waals surface area contributed by atoms with Crippen molar-refractivity contribution in [2.45, 2.75) is 50.7 Å². The predicted octanol–water partition coefficient (Wildman–Crippen LogP) is 1.92. The maximum absolute atomic E-state index is 11.3. The summed E-state index contributed by atoms with van der Waals surface area (Å²) >= 11 is 1.26. The standard InChI is InChI=1S/C10H18O4S/c1-6(2)14-9(11)5-8(10(12)13)15-7(3)4/h6-8H,5H2,1-4H3,(H,12,13). The van der Waals surface area contributed by atoms with E-state index in [1.54, 1.807) is 13.8 Å². The molecule has 0 aliphatic heterocycles. The van der Waals surface area contributed by atoms with Crippen molar-refractivity contribution in [1.29, 1.82) is 0 Å². The summed E-state index contributed by atoms with van der Waals surface area (Å²) in [7, 11) is 0. The highest BCUT2D eigenvalue weighted by atomic mass is 32.2. The molecule has 0 bridgehead atoms. The number of aliphatic carboxylic acids is 1. The minimum absolute atomic E-state index is 0.0731. The van der Waals surface area contributed by atoms with Gasteiger partial charge in [-0.1, -0.05) is 13.8 Å². The zero-order valence-corrected chi connectivity index (χ0v) is 10.3. The Bertz CT molecular complexity index is 225. The van der Waals surface area contributed by atoms with Crippen molar-refractivity contribution in [2.75, 3.05) is 0 Å². The van der Waals surface area contributed by atoms with Crippen LogP contribution >= 0.6 is 11.8 Å². The van der Waals surface area contributed by atoms with Crippen molar-refractivity contribution in [1.82, 2.24) is 0 Å². The fourth-order valence-corrected chi connectivity index (χ4v) is 1.99. The van der Waals surface area contributed by atoms with E-state index in [4.69, 9.17) is 9.84 Å². The van der Waals surface area contributed by atoms with E-state index in [9.17, 15) is 9.59 Å². The molecule has 0 spiro atoms. The number of carbonyl (C=O) groups is 2. The Morgan fingerprint density at radius 1 is 1.27 bits per heavy atom. The van der Waals surface area contributed by atoms with E-state index in [1.165, 1.54) is 11.8 Å². The molecule has 0 aromatic rings. The van der Waals surface area contributed by atoms with Crippen LogP contribution in [-0.2, 0) is 14.3 Å². The largest absolute Gasteiger partial charge is 0.480 e. The summed E-state index contributed by atoms with van der Waals surface area (Å²) in [4.78, 5) is 22.1. The van der Waals surface area contributed by atoms with E-state index in [0.29, 0.717) is 0 Å². The second kappa shape index (κ2) is 6.71. The molecule has 0 aromatic carbocycles. The van der Waals surface area contributed by atoms with E-state index in [0.717, 1.165) is 0 Å². The van der Waals surface area contributed by atoms with Crippen LogP contribution in [0, 0.1) is 0 Å². The van der Waals surface area contributed by atoms with Crippen LogP contribution < -0.4 is 0 Å². The van der Waals surface area contributed by atoms with E-state index in [1.807, 2.05) is 13.8 Å². The Labute approximate surface area is 94.4 Å². The topological polar surface area (TPSA) is 63.6 Å². The highest BCUT2D eigenvalue weighted by molar-refractivity contribution is 8.01. The quantitative estimate of drug-likeness (QED) is 0.711. The first-order valence-electron chi connectivity index (χ1n) is 4.90. The summed E-state index contributed by atoms with van der Waals surface area (Å²) in [6.45, 7) is 7.27. The number of carboxylic acids is 1. The predicted molar refractivity (Wildman–Crippen MR) is 60.0 cm³/mol. The average molecular weight is 234 g/mol. The van der Waals surface area contributed by atoms with Crippen molar-refractivity contribution in [3.63, 3.8) is 0 Å². The molecule has 1 N–H and O–H groups in total. The van der Waals surface area contributed by atoms with Gasteiger partial charge in [0, 0.05) is 0 Å². The summed E-state index contributed by atoms with van der Waals surface area (Å²) in [6.07, 6.45) is -0.271. The van der Waals surface area contributed by atoms with E-state index >= 15 is 0 Å². The molecule has 0 aliphatic rings. The van der Waals surface area contributed by atoms with Crippen molar-refractivity contribution in [2.24, 2.45) is 0 Å². The van der Waals surface area contributed by atoms with Gasteiger partial charge in [0.25, 0.3) is 0 Å². The molecule has 4 nitrogen and oxygen atoms in total. The van der Waals surface area contributed by atoms with E-state index < -0.39 is 17.2 Å². The van der Waals surface area contributed by atoms with Crippen LogP contribution in [0.2, 0.25) is 0 Å². The first-order valence-corrected chi connectivity index (χ1v) is 5.85. The summed E-state index contributed by atoms with van der Waals surface area (Å²) < 4.78 is 4.90. The lowest BCUT2D eigenvalue weighted by Crippen LogP contribution is -2.24. The van der Waals surface area contributed by atoms with E-state index in [2.05, 4.69) is 0 Å². The van der Waals surface area contributed by atoms with Gasteiger partial charge in [0.2, 0.25) is 0 Å². The molecule has 88 valence electrons. The zero-order chi connectivity index (χ0) is 12.0. The van der Waals surface area contributed by atoms with Gasteiger partial charge < -0.3 is 9.84 Å². The van der Waals surface area contributed by atoms with Crippen molar-refractivity contribution in [3.8, 4) is 0 Å². The van der Waals surface area contributed by atoms with Gasteiger partial charge in [0.1, 0.15) is 5.25 Å². The third kappa shape index (κ3) is 7.25. The van der Waals surface area contributed by atoms with Gasteiger partial charge in [0.15, 0.2) is 0 Å². The zero-order valence-electron chi connectivity index (χ0n) is 9.52. The molecule has 0 rings (SSSR count). The van der Waals surface area contributed by atoms with Gasteiger partial charge in [-0.05, 0) is 19.1 Å². The molecule has 15 heavy (non-hydrogen) atoms. The van der Waals surface area contributed by atoms with Gasteiger partial charge in [-0.25, -0.2) is 0 Å². The summed E-state index contributed by atoms with van der Waals surface area (Å²) in [5, 5.41) is 8.34. The molecule has 5 heteroatoms. The van der Waals surface area contributed by atoms with Gasteiger partial charge in [0.05, 0.1) is 12.5 Å². The SMILES string of the molecule is CC(C)OC(=O)CC(SC(C)C)C(=O)O. The molecular formula is C10H18O4S. The lowest BCUT2D eigenvalue weighted by Gasteiger charge is -2.14. The third-order valence-corrected chi connectivity index (χ3v) is 2.67. The van der Waals surface area contributed by atoms with Crippen molar-refractivity contribution >= 4 is 23.7 Å². The highest BCUT2D eigenvalue weighted by Crippen LogP contribution is 2.21. The van der Waals surface area contributed by atoms with Crippen LogP contribution in [-0.4, -0.2) is 33.6 Å². The van der Waals surface area contributed by atoms with Crippen molar-refractivity contribution in [3.05, 3.63) is 0 Å². The van der Waals surface area contributed by atoms with Crippen LogP contribution in [0.15, 0.2) is 0 Å². The summed E-state index contributed by atoms with van der Waals surface area (Å²) in [5.74, 6) is -1.42. The minimum Gasteiger partial charge on any atom is -0.480 e. The smallest absolute Gasteiger partial charge is 0.317 e. The maximum Gasteiger partial charge on any atom is 0.317 e. The molecule has 1 unspecified atom stereocenters. The molecule has 0 radical (unpaired) electrons. The average Bonchev–Trinajstić information content (AvgIpc) is 1.99. The molecule has 0 amide bonds. The summed E-state index contributed by atoms with van der Waals surface area (Å²) in [6, 6.07) is 0. The van der Waals surface area contributed by atoms with E-state index in [-0.39, 0.29) is 17.8 Å². The lowest BCUT2D eigenvalue weighted by molar-refractivity contribution is -0.150. The Balaban J connectivity index is 4.16. The number of thioether (sulfide) groups is 1. The van der Waals surface area contributed by atoms with Crippen LogP contribution in [0.4, 0.5) is 0 Å². The van der Waals surface area contributed by atoms with Gasteiger partial charge in [-0.3, -0.25) is 9.59 Å². The lowest BCUT2D eigenvalue weighted by atomic mass is 10.3. The normalized spacial score (nSPS) is 12.9. The van der Waals surface area contributed by atoms with Gasteiger partial charge >= 0.3 is 11.9 Å². The third-order valence-electron chi connectivity index (χ3n) is 1.43. The number of esters is 1. The minimum atomic E-state index is -0.964. The second-order valence-corrected chi connectivity index (χ2v) is 5.54. The number of carbonyl (C=O) groups excluding carboxylic acids is 1. The fraction of sp³-hybridized carbons (Fsp3) is 0.800. The Morgan fingerprint density at radius 3 is 2.13 bits per heavy atom. The molecule has 0 saturated carbocycles. The number of rotatable bonds is 6. The molecule has 0 aromatic heterocycles. The number of ether oxygens (including phenoxy) is 1. The Hall–Kier alpha value is -0.710.